The van der Waals surface area contributed by atoms with Crippen LogP contribution in [0.25, 0.3) is 11.1 Å². The Morgan fingerprint density at radius 2 is 1.72 bits per heavy atom. The van der Waals surface area contributed by atoms with Crippen LogP contribution in [0.2, 0.25) is 0 Å². The third-order valence-corrected chi connectivity index (χ3v) is 2.60. The molecule has 1 nitrogen and oxygen atoms in total. The topological polar surface area (TPSA) is 17.1 Å². The minimum Gasteiger partial charge on any atom is -0.294 e. The lowest BCUT2D eigenvalue weighted by Crippen LogP contribution is -1.99. The Morgan fingerprint density at radius 1 is 1.00 bits per heavy atom. The molecule has 0 aliphatic heterocycles. The summed E-state index contributed by atoms with van der Waals surface area (Å²) in [5.41, 5.74) is 0.0834. The zero-order valence-corrected chi connectivity index (χ0v) is 9.51. The molecule has 18 heavy (non-hydrogen) atoms. The summed E-state index contributed by atoms with van der Waals surface area (Å²) in [5, 5.41) is 0. The summed E-state index contributed by atoms with van der Waals surface area (Å²) in [4.78, 5) is 11.4. The van der Waals surface area contributed by atoms with Crippen LogP contribution in [0, 0.1) is 17.5 Å². The van der Waals surface area contributed by atoms with Crippen molar-refractivity contribution >= 4 is 5.78 Å². The number of benzene rings is 2. The molecule has 0 aliphatic carbocycles. The van der Waals surface area contributed by atoms with Crippen LogP contribution in [0.15, 0.2) is 36.4 Å². The van der Waals surface area contributed by atoms with Crippen molar-refractivity contribution in [2.75, 3.05) is 0 Å². The van der Waals surface area contributed by atoms with Gasteiger partial charge in [0.2, 0.25) is 0 Å². The van der Waals surface area contributed by atoms with E-state index < -0.39 is 17.5 Å². The van der Waals surface area contributed by atoms with E-state index >= 15 is 0 Å². The predicted octanol–water partition coefficient (Wildman–Crippen LogP) is 3.97. The van der Waals surface area contributed by atoms with Gasteiger partial charge in [-0.15, -0.1) is 0 Å². The van der Waals surface area contributed by atoms with Crippen molar-refractivity contribution in [3.63, 3.8) is 0 Å². The van der Waals surface area contributed by atoms with Crippen molar-refractivity contribution in [2.45, 2.75) is 6.92 Å². The standard InChI is InChI=1S/C14H9F3O/c1-8(18)10-6-5-9(15)7-12(10)11-3-2-4-13(16)14(11)17/h2-7H,1H3. The first-order valence-electron chi connectivity index (χ1n) is 5.25. The first kappa shape index (κ1) is 12.4. The predicted molar refractivity (Wildman–Crippen MR) is 61.8 cm³/mol. The summed E-state index contributed by atoms with van der Waals surface area (Å²) in [6, 6.07) is 6.97. The molecule has 92 valence electrons. The van der Waals surface area contributed by atoms with E-state index in [-0.39, 0.29) is 22.5 Å². The van der Waals surface area contributed by atoms with Crippen molar-refractivity contribution in [1.29, 1.82) is 0 Å². The van der Waals surface area contributed by atoms with Gasteiger partial charge in [-0.3, -0.25) is 4.79 Å². The van der Waals surface area contributed by atoms with Crippen LogP contribution in [0.1, 0.15) is 17.3 Å². The maximum absolute atomic E-state index is 13.7. The van der Waals surface area contributed by atoms with Gasteiger partial charge in [0.05, 0.1) is 0 Å². The molecule has 0 heterocycles. The van der Waals surface area contributed by atoms with Gasteiger partial charge in [0.25, 0.3) is 0 Å². The third kappa shape index (κ3) is 2.14. The number of carbonyl (C=O) groups is 1. The number of ketones is 1. The highest BCUT2D eigenvalue weighted by Crippen LogP contribution is 2.28. The fraction of sp³-hybridized carbons (Fsp3) is 0.0714. The molecule has 0 unspecified atom stereocenters. The van der Waals surface area contributed by atoms with Crippen molar-refractivity contribution in [3.8, 4) is 11.1 Å². The Kier molecular flexibility index (Phi) is 3.19. The zero-order chi connectivity index (χ0) is 13.3. The molecular weight excluding hydrogens is 241 g/mol. The number of Topliss-reactive ketones (excluding diaryl/α,β-unsaturated/α-hetero) is 1. The second-order valence-electron chi connectivity index (χ2n) is 3.85. The van der Waals surface area contributed by atoms with E-state index in [1.807, 2.05) is 0 Å². The summed E-state index contributed by atoms with van der Waals surface area (Å²) in [6.07, 6.45) is 0. The fourth-order valence-electron chi connectivity index (χ4n) is 1.76. The molecule has 4 heteroatoms. The van der Waals surface area contributed by atoms with Gasteiger partial charge in [-0.2, -0.15) is 0 Å². The van der Waals surface area contributed by atoms with Crippen LogP contribution in [0.5, 0.6) is 0 Å². The van der Waals surface area contributed by atoms with Gasteiger partial charge in [-0.25, -0.2) is 13.2 Å². The molecule has 0 fully saturated rings. The van der Waals surface area contributed by atoms with E-state index in [2.05, 4.69) is 0 Å². The maximum atomic E-state index is 13.7. The van der Waals surface area contributed by atoms with E-state index in [9.17, 15) is 18.0 Å². The number of carbonyl (C=O) groups excluding carboxylic acids is 1. The highest BCUT2D eigenvalue weighted by Gasteiger charge is 2.16. The quantitative estimate of drug-likeness (QED) is 0.737. The molecule has 0 radical (unpaired) electrons. The number of halogens is 3. The second-order valence-corrected chi connectivity index (χ2v) is 3.85. The molecule has 0 spiro atoms. The molecule has 0 amide bonds. The summed E-state index contributed by atoms with van der Waals surface area (Å²) in [7, 11) is 0. The molecule has 0 aliphatic rings. The Morgan fingerprint density at radius 3 is 2.39 bits per heavy atom. The van der Waals surface area contributed by atoms with E-state index in [1.165, 1.54) is 25.1 Å². The van der Waals surface area contributed by atoms with Crippen LogP contribution in [0.4, 0.5) is 13.2 Å². The van der Waals surface area contributed by atoms with Crippen LogP contribution >= 0.6 is 0 Å². The average Bonchev–Trinajstić information content (AvgIpc) is 2.32. The third-order valence-electron chi connectivity index (χ3n) is 2.60. The highest BCUT2D eigenvalue weighted by molar-refractivity contribution is 6.00. The lowest BCUT2D eigenvalue weighted by molar-refractivity contribution is 0.101. The van der Waals surface area contributed by atoms with Crippen LogP contribution in [-0.4, -0.2) is 5.78 Å². The molecule has 2 aromatic carbocycles. The van der Waals surface area contributed by atoms with Crippen LogP contribution in [0.3, 0.4) is 0 Å². The molecule has 0 aromatic heterocycles. The molecule has 0 bridgehead atoms. The van der Waals surface area contributed by atoms with Gasteiger partial charge >= 0.3 is 0 Å². The maximum Gasteiger partial charge on any atom is 0.166 e. The smallest absolute Gasteiger partial charge is 0.166 e. The Labute approximate surface area is 102 Å². The van der Waals surface area contributed by atoms with Crippen molar-refractivity contribution in [3.05, 3.63) is 59.4 Å². The van der Waals surface area contributed by atoms with Crippen LogP contribution in [-0.2, 0) is 0 Å². The molecule has 0 N–H and O–H groups in total. The molecular formula is C14H9F3O. The van der Waals surface area contributed by atoms with Gasteiger partial charge in [0, 0.05) is 11.1 Å². The minimum atomic E-state index is -1.09. The van der Waals surface area contributed by atoms with E-state index in [4.69, 9.17) is 0 Å². The first-order chi connectivity index (χ1) is 8.50. The number of hydrogen-bond acceptors (Lipinski definition) is 1. The lowest BCUT2D eigenvalue weighted by Gasteiger charge is -2.09. The number of hydrogen-bond donors (Lipinski definition) is 0. The molecule has 0 atom stereocenters. The SMILES string of the molecule is CC(=O)c1ccc(F)cc1-c1cccc(F)c1F. The molecule has 0 saturated heterocycles. The van der Waals surface area contributed by atoms with Crippen molar-refractivity contribution in [2.24, 2.45) is 0 Å². The van der Waals surface area contributed by atoms with Gasteiger partial charge in [0.1, 0.15) is 5.82 Å². The Bertz CT molecular complexity index is 620. The van der Waals surface area contributed by atoms with E-state index in [0.717, 1.165) is 18.2 Å². The van der Waals surface area contributed by atoms with Crippen molar-refractivity contribution in [1.82, 2.24) is 0 Å². The molecule has 2 aromatic rings. The average molecular weight is 250 g/mol. The van der Waals surface area contributed by atoms with Gasteiger partial charge in [0.15, 0.2) is 17.4 Å². The second kappa shape index (κ2) is 4.64. The fourth-order valence-corrected chi connectivity index (χ4v) is 1.76. The van der Waals surface area contributed by atoms with E-state index in [0.29, 0.717) is 0 Å². The Balaban J connectivity index is 2.73. The van der Waals surface area contributed by atoms with Gasteiger partial charge < -0.3 is 0 Å². The lowest BCUT2D eigenvalue weighted by atomic mass is 9.97. The molecule has 0 saturated carbocycles. The zero-order valence-electron chi connectivity index (χ0n) is 9.51. The normalized spacial score (nSPS) is 10.4. The summed E-state index contributed by atoms with van der Waals surface area (Å²) < 4.78 is 40.0. The van der Waals surface area contributed by atoms with Crippen molar-refractivity contribution < 1.29 is 18.0 Å². The minimum absolute atomic E-state index is 0.0551. The molecule has 2 rings (SSSR count). The van der Waals surface area contributed by atoms with Gasteiger partial charge in [-0.1, -0.05) is 12.1 Å². The van der Waals surface area contributed by atoms with Crippen LogP contribution < -0.4 is 0 Å². The first-order valence-corrected chi connectivity index (χ1v) is 5.25. The van der Waals surface area contributed by atoms with E-state index in [1.54, 1.807) is 0 Å². The Hall–Kier alpha value is -2.10. The van der Waals surface area contributed by atoms with Gasteiger partial charge in [-0.05, 0) is 36.8 Å². The summed E-state index contributed by atoms with van der Waals surface area (Å²) in [5.74, 6) is -3.08. The number of rotatable bonds is 2. The highest BCUT2D eigenvalue weighted by atomic mass is 19.2. The summed E-state index contributed by atoms with van der Waals surface area (Å²) >= 11 is 0. The largest absolute Gasteiger partial charge is 0.294 e. The summed E-state index contributed by atoms with van der Waals surface area (Å²) in [6.45, 7) is 1.29. The monoisotopic (exact) mass is 250 g/mol.